The van der Waals surface area contributed by atoms with Gasteiger partial charge in [0.15, 0.2) is 5.65 Å². The lowest BCUT2D eigenvalue weighted by atomic mass is 10.1. The Hall–Kier alpha value is -3.16. The molecule has 0 aliphatic rings. The highest BCUT2D eigenvalue weighted by Crippen LogP contribution is 2.19. The number of fused-ring (bicyclic) bond motifs is 1. The Bertz CT molecular complexity index is 955. The highest BCUT2D eigenvalue weighted by Gasteiger charge is 2.16. The number of carbonyl (C=O) groups is 2. The lowest BCUT2D eigenvalue weighted by molar-refractivity contribution is 0.0660. The van der Waals surface area contributed by atoms with E-state index in [9.17, 15) is 9.59 Å². The van der Waals surface area contributed by atoms with Crippen LogP contribution in [-0.4, -0.2) is 31.7 Å². The number of carboxylic acid groups (broad SMARTS) is 1. The van der Waals surface area contributed by atoms with Gasteiger partial charge in [-0.3, -0.25) is 4.79 Å². The Balaban J connectivity index is 1.79. The fourth-order valence-electron chi connectivity index (χ4n) is 2.52. The van der Waals surface area contributed by atoms with Gasteiger partial charge in [-0.15, -0.1) is 0 Å². The summed E-state index contributed by atoms with van der Waals surface area (Å²) >= 11 is 0. The predicted octanol–water partition coefficient (Wildman–Crippen LogP) is 2.54. The molecule has 3 rings (SSSR count). The van der Waals surface area contributed by atoms with Gasteiger partial charge in [0, 0.05) is 11.4 Å². The minimum Gasteiger partial charge on any atom is -0.475 e. The maximum absolute atomic E-state index is 12.4. The van der Waals surface area contributed by atoms with Gasteiger partial charge in [-0.1, -0.05) is 0 Å². The molecule has 8 heteroatoms. The molecule has 0 aliphatic heterocycles. The van der Waals surface area contributed by atoms with E-state index in [-0.39, 0.29) is 24.3 Å². The smallest absolute Gasteiger partial charge is 0.371 e. The van der Waals surface area contributed by atoms with Gasteiger partial charge in [0.25, 0.3) is 5.91 Å². The monoisotopic (exact) mass is 342 g/mol. The molecule has 0 fully saturated rings. The van der Waals surface area contributed by atoms with E-state index >= 15 is 0 Å². The van der Waals surface area contributed by atoms with Crippen molar-refractivity contribution in [2.45, 2.75) is 33.4 Å². The molecule has 1 amide bonds. The lowest BCUT2D eigenvalue weighted by Crippen LogP contribution is -2.23. The summed E-state index contributed by atoms with van der Waals surface area (Å²) in [7, 11) is 0. The molecular formula is C17H18N4O4. The topological polar surface area (TPSA) is 110 Å². The fraction of sp³-hybridized carbons (Fsp3) is 0.294. The molecule has 25 heavy (non-hydrogen) atoms. The third kappa shape index (κ3) is 3.23. The van der Waals surface area contributed by atoms with Crippen LogP contribution in [0.5, 0.6) is 0 Å². The minimum atomic E-state index is -1.15. The summed E-state index contributed by atoms with van der Waals surface area (Å²) in [5.74, 6) is -1.25. The molecule has 8 nitrogen and oxygen atoms in total. The highest BCUT2D eigenvalue weighted by molar-refractivity contribution is 5.98. The van der Waals surface area contributed by atoms with Crippen molar-refractivity contribution in [1.82, 2.24) is 20.1 Å². The summed E-state index contributed by atoms with van der Waals surface area (Å²) in [4.78, 5) is 27.7. The van der Waals surface area contributed by atoms with Crippen molar-refractivity contribution in [3.05, 3.63) is 47.2 Å². The van der Waals surface area contributed by atoms with Gasteiger partial charge in [0.2, 0.25) is 5.76 Å². The van der Waals surface area contributed by atoms with E-state index in [1.807, 2.05) is 13.8 Å². The summed E-state index contributed by atoms with van der Waals surface area (Å²) in [6, 6.07) is 4.80. The third-order valence-electron chi connectivity index (χ3n) is 3.79. The summed E-state index contributed by atoms with van der Waals surface area (Å²) in [5.41, 5.74) is 1.78. The molecule has 0 spiro atoms. The first-order chi connectivity index (χ1) is 11.9. The molecule has 0 saturated carbocycles. The first-order valence-electron chi connectivity index (χ1n) is 7.82. The highest BCUT2D eigenvalue weighted by atomic mass is 16.4. The molecule has 0 saturated heterocycles. The molecule has 0 aromatic carbocycles. The Labute approximate surface area is 143 Å². The van der Waals surface area contributed by atoms with Crippen LogP contribution >= 0.6 is 0 Å². The maximum Gasteiger partial charge on any atom is 0.371 e. The largest absolute Gasteiger partial charge is 0.475 e. The summed E-state index contributed by atoms with van der Waals surface area (Å²) < 4.78 is 6.92. The van der Waals surface area contributed by atoms with Gasteiger partial charge in [-0.2, -0.15) is 5.10 Å². The molecule has 0 unspecified atom stereocenters. The predicted molar refractivity (Wildman–Crippen MR) is 89.5 cm³/mol. The second-order valence-corrected chi connectivity index (χ2v) is 5.97. The number of rotatable bonds is 5. The number of carbonyl (C=O) groups excluding carboxylic acids is 1. The molecule has 3 aromatic heterocycles. The Morgan fingerprint density at radius 2 is 2.12 bits per heavy atom. The van der Waals surface area contributed by atoms with Crippen LogP contribution in [0.25, 0.3) is 11.0 Å². The van der Waals surface area contributed by atoms with Crippen LogP contribution in [0.15, 0.2) is 28.8 Å². The van der Waals surface area contributed by atoms with E-state index in [4.69, 9.17) is 9.52 Å². The zero-order valence-corrected chi connectivity index (χ0v) is 14.1. The Kier molecular flexibility index (Phi) is 4.26. The summed E-state index contributed by atoms with van der Waals surface area (Å²) in [6.07, 6.45) is 1.68. The normalized spacial score (nSPS) is 11.2. The second kappa shape index (κ2) is 6.39. The van der Waals surface area contributed by atoms with Crippen LogP contribution in [0.1, 0.15) is 52.3 Å². The van der Waals surface area contributed by atoms with Crippen molar-refractivity contribution in [1.29, 1.82) is 0 Å². The van der Waals surface area contributed by atoms with Crippen LogP contribution < -0.4 is 5.32 Å². The van der Waals surface area contributed by atoms with E-state index in [2.05, 4.69) is 15.4 Å². The quantitative estimate of drug-likeness (QED) is 0.737. The van der Waals surface area contributed by atoms with E-state index in [1.165, 1.54) is 12.1 Å². The average Bonchev–Trinajstić information content (AvgIpc) is 3.18. The Morgan fingerprint density at radius 1 is 1.36 bits per heavy atom. The van der Waals surface area contributed by atoms with Gasteiger partial charge in [-0.25, -0.2) is 14.5 Å². The number of nitrogens with zero attached hydrogens (tertiary/aromatic N) is 3. The lowest BCUT2D eigenvalue weighted by Gasteiger charge is -2.09. The Morgan fingerprint density at radius 3 is 2.76 bits per heavy atom. The van der Waals surface area contributed by atoms with Crippen LogP contribution in [0, 0.1) is 6.92 Å². The zero-order valence-electron chi connectivity index (χ0n) is 14.1. The number of aromatic carboxylic acids is 1. The van der Waals surface area contributed by atoms with E-state index < -0.39 is 5.97 Å². The molecule has 0 aliphatic carbocycles. The number of hydrogen-bond donors (Lipinski definition) is 2. The van der Waals surface area contributed by atoms with E-state index in [1.54, 1.807) is 23.9 Å². The SMILES string of the molecule is Cc1nc2c(cnn2C(C)C)cc1C(=O)NCc1ccc(C(=O)O)o1. The van der Waals surface area contributed by atoms with Crippen LogP contribution in [-0.2, 0) is 6.54 Å². The first kappa shape index (κ1) is 16.7. The molecule has 0 radical (unpaired) electrons. The minimum absolute atomic E-state index is 0.0921. The molecule has 2 N–H and O–H groups in total. The van der Waals surface area contributed by atoms with Crippen LogP contribution in [0.2, 0.25) is 0 Å². The number of aryl methyl sites for hydroxylation is 1. The van der Waals surface area contributed by atoms with Crippen molar-refractivity contribution in [2.75, 3.05) is 0 Å². The molecule has 3 heterocycles. The number of aromatic nitrogens is 3. The maximum atomic E-state index is 12.4. The number of furan rings is 1. The first-order valence-corrected chi connectivity index (χ1v) is 7.82. The molecule has 130 valence electrons. The van der Waals surface area contributed by atoms with Crippen molar-refractivity contribution >= 4 is 22.9 Å². The summed E-state index contributed by atoms with van der Waals surface area (Å²) in [6.45, 7) is 5.88. The van der Waals surface area contributed by atoms with Gasteiger partial charge in [0.05, 0.1) is 24.0 Å². The van der Waals surface area contributed by atoms with Crippen molar-refractivity contribution in [2.24, 2.45) is 0 Å². The van der Waals surface area contributed by atoms with Crippen molar-refractivity contribution in [3.63, 3.8) is 0 Å². The van der Waals surface area contributed by atoms with Gasteiger partial charge in [-0.05, 0) is 39.0 Å². The van der Waals surface area contributed by atoms with E-state index in [0.29, 0.717) is 17.0 Å². The second-order valence-electron chi connectivity index (χ2n) is 5.97. The number of carboxylic acids is 1. The fourth-order valence-corrected chi connectivity index (χ4v) is 2.52. The average molecular weight is 342 g/mol. The van der Waals surface area contributed by atoms with Crippen molar-refractivity contribution < 1.29 is 19.1 Å². The molecule has 0 atom stereocenters. The number of nitrogens with one attached hydrogen (secondary N) is 1. The zero-order chi connectivity index (χ0) is 18.1. The standard InChI is InChI=1S/C17H18N4O4/c1-9(2)21-15-11(7-19-21)6-13(10(3)20-15)16(22)18-8-12-4-5-14(25-12)17(23)24/h4-7,9H,8H2,1-3H3,(H,18,22)(H,23,24). The van der Waals surface area contributed by atoms with Gasteiger partial charge < -0.3 is 14.8 Å². The third-order valence-corrected chi connectivity index (χ3v) is 3.79. The van der Waals surface area contributed by atoms with Crippen LogP contribution in [0.4, 0.5) is 0 Å². The van der Waals surface area contributed by atoms with E-state index in [0.717, 1.165) is 11.0 Å². The van der Waals surface area contributed by atoms with Gasteiger partial charge >= 0.3 is 5.97 Å². The summed E-state index contributed by atoms with van der Waals surface area (Å²) in [5, 5.41) is 16.6. The van der Waals surface area contributed by atoms with Crippen LogP contribution in [0.3, 0.4) is 0 Å². The number of amides is 1. The molecule has 0 bridgehead atoms. The molecular weight excluding hydrogens is 324 g/mol. The van der Waals surface area contributed by atoms with Gasteiger partial charge in [0.1, 0.15) is 5.76 Å². The molecule has 3 aromatic rings. The number of hydrogen-bond acceptors (Lipinski definition) is 5. The van der Waals surface area contributed by atoms with Crippen molar-refractivity contribution in [3.8, 4) is 0 Å². The number of pyridine rings is 1.